The third-order valence-corrected chi connectivity index (χ3v) is 5.59. The minimum Gasteiger partial charge on any atom is -0.486 e. The molecule has 144 valence electrons. The summed E-state index contributed by atoms with van der Waals surface area (Å²) in [6.45, 7) is 0.116. The van der Waals surface area contributed by atoms with Gasteiger partial charge in [0.2, 0.25) is 15.9 Å². The second-order valence-electron chi connectivity index (χ2n) is 5.74. The summed E-state index contributed by atoms with van der Waals surface area (Å²) in [5, 5.41) is 2.21. The number of likely N-dealkylation sites (N-methyl/N-ethyl adjacent to an activating group) is 1. The maximum atomic E-state index is 13.6. The molecule has 27 heavy (non-hydrogen) atoms. The first kappa shape index (κ1) is 19.1. The highest BCUT2D eigenvalue weighted by Gasteiger charge is 2.25. The quantitative estimate of drug-likeness (QED) is 0.833. The van der Waals surface area contributed by atoms with Crippen molar-refractivity contribution < 1.29 is 31.5 Å². The summed E-state index contributed by atoms with van der Waals surface area (Å²) in [7, 11) is -2.78. The Morgan fingerprint density at radius 1 is 1.11 bits per heavy atom. The maximum Gasteiger partial charge on any atom is 0.243 e. The van der Waals surface area contributed by atoms with E-state index in [1.54, 1.807) is 0 Å². The van der Waals surface area contributed by atoms with E-state index in [0.717, 1.165) is 16.4 Å². The Balaban J connectivity index is 1.72. The minimum atomic E-state index is -3.99. The number of hydrogen-bond donors (Lipinski definition) is 1. The van der Waals surface area contributed by atoms with Gasteiger partial charge in [-0.2, -0.15) is 4.31 Å². The molecule has 1 amide bonds. The number of nitrogens with one attached hydrogen (secondary N) is 1. The first-order valence-electron chi connectivity index (χ1n) is 7.88. The zero-order chi connectivity index (χ0) is 19.6. The molecule has 1 aliphatic rings. The SMILES string of the molecule is CN(CC(=O)Nc1ccc(F)cc1F)S(=O)(=O)c1ccc2c(c1)OCCO2. The summed E-state index contributed by atoms with van der Waals surface area (Å²) in [5.74, 6) is -1.78. The zero-order valence-corrected chi connectivity index (χ0v) is 15.1. The molecule has 1 N–H and O–H groups in total. The van der Waals surface area contributed by atoms with Crippen LogP contribution in [0.4, 0.5) is 14.5 Å². The van der Waals surface area contributed by atoms with Crippen LogP contribution in [0.15, 0.2) is 41.3 Å². The number of benzene rings is 2. The molecule has 0 fully saturated rings. The lowest BCUT2D eigenvalue weighted by molar-refractivity contribution is -0.116. The Morgan fingerprint density at radius 3 is 2.52 bits per heavy atom. The lowest BCUT2D eigenvalue weighted by Gasteiger charge is -2.21. The number of halogens is 2. The molecule has 0 unspecified atom stereocenters. The van der Waals surface area contributed by atoms with E-state index < -0.39 is 34.1 Å². The molecule has 0 saturated carbocycles. The second-order valence-corrected chi connectivity index (χ2v) is 7.78. The van der Waals surface area contributed by atoms with Gasteiger partial charge in [0.15, 0.2) is 11.5 Å². The lowest BCUT2D eigenvalue weighted by atomic mass is 10.3. The van der Waals surface area contributed by atoms with Crippen LogP contribution in [0.3, 0.4) is 0 Å². The molecule has 0 saturated heterocycles. The van der Waals surface area contributed by atoms with Gasteiger partial charge in [0.25, 0.3) is 0 Å². The summed E-state index contributed by atoms with van der Waals surface area (Å²) < 4.78 is 63.3. The standard InChI is InChI=1S/C17H16F2N2O5S/c1-21(10-17(22)20-14-4-2-11(18)8-13(14)19)27(23,24)12-3-5-15-16(9-12)26-7-6-25-15/h2-5,8-9H,6-7,10H2,1H3,(H,20,22). The highest BCUT2D eigenvalue weighted by molar-refractivity contribution is 7.89. The minimum absolute atomic E-state index is 0.0741. The maximum absolute atomic E-state index is 13.6. The van der Waals surface area contributed by atoms with Crippen LogP contribution in [0.25, 0.3) is 0 Å². The summed E-state index contributed by atoms with van der Waals surface area (Å²) in [6.07, 6.45) is 0. The Kier molecular flexibility index (Phi) is 5.29. The highest BCUT2D eigenvalue weighted by Crippen LogP contribution is 2.32. The Morgan fingerprint density at radius 2 is 1.81 bits per heavy atom. The van der Waals surface area contributed by atoms with E-state index in [4.69, 9.17) is 9.47 Å². The van der Waals surface area contributed by atoms with Crippen molar-refractivity contribution in [3.63, 3.8) is 0 Å². The number of carbonyl (C=O) groups excluding carboxylic acids is 1. The van der Waals surface area contributed by atoms with Crippen LogP contribution in [0.5, 0.6) is 11.5 Å². The lowest BCUT2D eigenvalue weighted by Crippen LogP contribution is -2.35. The molecule has 0 bridgehead atoms. The van der Waals surface area contributed by atoms with Crippen molar-refractivity contribution in [1.29, 1.82) is 0 Å². The third kappa shape index (κ3) is 4.17. The van der Waals surface area contributed by atoms with Gasteiger partial charge in [-0.15, -0.1) is 0 Å². The van der Waals surface area contributed by atoms with Crippen LogP contribution in [-0.2, 0) is 14.8 Å². The number of carbonyl (C=O) groups is 1. The van der Waals surface area contributed by atoms with E-state index in [9.17, 15) is 22.0 Å². The fourth-order valence-electron chi connectivity index (χ4n) is 2.43. The number of sulfonamides is 1. The van der Waals surface area contributed by atoms with Crippen molar-refractivity contribution in [2.24, 2.45) is 0 Å². The van der Waals surface area contributed by atoms with Gasteiger partial charge in [-0.3, -0.25) is 4.79 Å². The molecule has 1 heterocycles. The van der Waals surface area contributed by atoms with Gasteiger partial charge in [-0.1, -0.05) is 0 Å². The molecule has 7 nitrogen and oxygen atoms in total. The fourth-order valence-corrected chi connectivity index (χ4v) is 3.57. The van der Waals surface area contributed by atoms with Crippen molar-refractivity contribution in [2.75, 3.05) is 32.1 Å². The second kappa shape index (κ2) is 7.49. The highest BCUT2D eigenvalue weighted by atomic mass is 32.2. The van der Waals surface area contributed by atoms with Crippen molar-refractivity contribution in [3.05, 3.63) is 48.0 Å². The van der Waals surface area contributed by atoms with Gasteiger partial charge >= 0.3 is 0 Å². The van der Waals surface area contributed by atoms with E-state index in [1.165, 1.54) is 25.2 Å². The summed E-state index contributed by atoms with van der Waals surface area (Å²) in [6, 6.07) is 6.79. The predicted molar refractivity (Wildman–Crippen MR) is 92.2 cm³/mol. The van der Waals surface area contributed by atoms with E-state index in [-0.39, 0.29) is 10.6 Å². The normalized spacial score (nSPS) is 13.5. The van der Waals surface area contributed by atoms with E-state index in [0.29, 0.717) is 30.8 Å². The van der Waals surface area contributed by atoms with Gasteiger partial charge in [0.05, 0.1) is 17.1 Å². The third-order valence-electron chi connectivity index (χ3n) is 3.79. The number of hydrogen-bond acceptors (Lipinski definition) is 5. The molecule has 0 radical (unpaired) electrons. The molecule has 3 rings (SSSR count). The molecule has 0 aromatic heterocycles. The van der Waals surface area contributed by atoms with Crippen LogP contribution in [0.2, 0.25) is 0 Å². The number of nitrogens with zero attached hydrogens (tertiary/aromatic N) is 1. The number of ether oxygens (including phenoxy) is 2. The van der Waals surface area contributed by atoms with Crippen LogP contribution in [0, 0.1) is 11.6 Å². The van der Waals surface area contributed by atoms with E-state index in [2.05, 4.69) is 5.32 Å². The van der Waals surface area contributed by atoms with E-state index >= 15 is 0 Å². The molecule has 0 spiro atoms. The van der Waals surface area contributed by atoms with Gasteiger partial charge in [-0.25, -0.2) is 17.2 Å². The van der Waals surface area contributed by atoms with Crippen LogP contribution in [0.1, 0.15) is 0 Å². The van der Waals surface area contributed by atoms with Crippen LogP contribution in [-0.4, -0.2) is 45.4 Å². The predicted octanol–water partition coefficient (Wildman–Crippen LogP) is 2.00. The Bertz CT molecular complexity index is 981. The van der Waals surface area contributed by atoms with Gasteiger partial charge in [0.1, 0.15) is 24.8 Å². The smallest absolute Gasteiger partial charge is 0.243 e. The summed E-state index contributed by atoms with van der Waals surface area (Å²) >= 11 is 0. The first-order valence-corrected chi connectivity index (χ1v) is 9.32. The van der Waals surface area contributed by atoms with Gasteiger partial charge in [-0.05, 0) is 24.3 Å². The first-order chi connectivity index (χ1) is 12.8. The monoisotopic (exact) mass is 398 g/mol. The fraction of sp³-hybridized carbons (Fsp3) is 0.235. The van der Waals surface area contributed by atoms with Crippen LogP contribution >= 0.6 is 0 Å². The van der Waals surface area contributed by atoms with Crippen molar-refractivity contribution in [1.82, 2.24) is 4.31 Å². The van der Waals surface area contributed by atoms with Crippen LogP contribution < -0.4 is 14.8 Å². The van der Waals surface area contributed by atoms with Gasteiger partial charge < -0.3 is 14.8 Å². The van der Waals surface area contributed by atoms with Crippen molar-refractivity contribution in [3.8, 4) is 11.5 Å². The molecule has 1 aliphatic heterocycles. The number of fused-ring (bicyclic) bond motifs is 1. The molecule has 10 heteroatoms. The number of rotatable bonds is 5. The van der Waals surface area contributed by atoms with E-state index in [1.807, 2.05) is 0 Å². The molecule has 0 atom stereocenters. The number of anilines is 1. The van der Waals surface area contributed by atoms with Crippen molar-refractivity contribution in [2.45, 2.75) is 4.90 Å². The molecule has 0 aliphatic carbocycles. The average molecular weight is 398 g/mol. The Hall–Kier alpha value is -2.72. The molecule has 2 aromatic carbocycles. The summed E-state index contributed by atoms with van der Waals surface area (Å²) in [5.41, 5.74) is -0.244. The van der Waals surface area contributed by atoms with Gasteiger partial charge in [0, 0.05) is 19.2 Å². The Labute approximate surface area is 154 Å². The molecular formula is C17H16F2N2O5S. The zero-order valence-electron chi connectivity index (χ0n) is 14.2. The molecule has 2 aromatic rings. The summed E-state index contributed by atoms with van der Waals surface area (Å²) in [4.78, 5) is 12.0. The topological polar surface area (TPSA) is 84.9 Å². The molecular weight excluding hydrogens is 382 g/mol. The van der Waals surface area contributed by atoms with Crippen molar-refractivity contribution >= 4 is 21.6 Å². The number of amides is 1. The average Bonchev–Trinajstić information content (AvgIpc) is 2.63. The largest absolute Gasteiger partial charge is 0.486 e.